The number of halogens is 2. The Labute approximate surface area is 213 Å². The van der Waals surface area contributed by atoms with Crippen LogP contribution >= 0.6 is 0 Å². The van der Waals surface area contributed by atoms with Crippen LogP contribution in [0.15, 0.2) is 41.1 Å². The van der Waals surface area contributed by atoms with Crippen LogP contribution in [0.25, 0.3) is 11.1 Å². The van der Waals surface area contributed by atoms with E-state index < -0.39 is 30.1 Å². The predicted octanol–water partition coefficient (Wildman–Crippen LogP) is 5.22. The van der Waals surface area contributed by atoms with Crippen molar-refractivity contribution in [1.82, 2.24) is 20.4 Å². The second-order valence-electron chi connectivity index (χ2n) is 10.8. The van der Waals surface area contributed by atoms with Crippen LogP contribution < -0.4 is 10.6 Å². The van der Waals surface area contributed by atoms with Gasteiger partial charge in [-0.2, -0.15) is 4.98 Å². The van der Waals surface area contributed by atoms with Gasteiger partial charge in [-0.15, -0.1) is 0 Å². The highest BCUT2D eigenvalue weighted by atomic mass is 19.3. The van der Waals surface area contributed by atoms with Gasteiger partial charge in [0.15, 0.2) is 5.82 Å². The number of carbonyl (C=O) groups excluding carboxylic acids is 2. The minimum atomic E-state index is -2.93. The summed E-state index contributed by atoms with van der Waals surface area (Å²) in [6.45, 7) is 5.85. The van der Waals surface area contributed by atoms with E-state index in [1.165, 1.54) is 0 Å². The molecule has 0 radical (unpaired) electrons. The Morgan fingerprint density at radius 2 is 1.86 bits per heavy atom. The van der Waals surface area contributed by atoms with Crippen LogP contribution in [0.5, 0.6) is 0 Å². The number of hydrogen-bond donors (Lipinski definition) is 2. The zero-order valence-corrected chi connectivity index (χ0v) is 21.0. The number of nitrogens with zero attached hydrogens (tertiary/aromatic N) is 3. The Balaban J connectivity index is 1.34. The van der Waals surface area contributed by atoms with Crippen molar-refractivity contribution in [3.63, 3.8) is 0 Å². The van der Waals surface area contributed by atoms with Gasteiger partial charge in [0.1, 0.15) is 11.7 Å². The normalized spacial score (nSPS) is 20.5. The molecule has 8 nitrogen and oxygen atoms in total. The second kappa shape index (κ2) is 9.32. The predicted molar refractivity (Wildman–Crippen MR) is 132 cm³/mol. The monoisotopic (exact) mass is 509 g/mol. The van der Waals surface area contributed by atoms with Gasteiger partial charge in [-0.05, 0) is 53.6 Å². The van der Waals surface area contributed by atoms with Gasteiger partial charge in [0, 0.05) is 18.0 Å². The Hall–Kier alpha value is -3.69. The van der Waals surface area contributed by atoms with Crippen molar-refractivity contribution < 1.29 is 22.9 Å². The van der Waals surface area contributed by atoms with Crippen molar-refractivity contribution in [2.45, 2.75) is 70.3 Å². The Bertz CT molecular complexity index is 1350. The number of amides is 2. The van der Waals surface area contributed by atoms with E-state index in [-0.39, 0.29) is 23.2 Å². The van der Waals surface area contributed by atoms with E-state index in [9.17, 15) is 18.4 Å². The summed E-state index contributed by atoms with van der Waals surface area (Å²) in [7, 11) is 0. The van der Waals surface area contributed by atoms with Gasteiger partial charge >= 0.3 is 11.8 Å². The lowest BCUT2D eigenvalue weighted by atomic mass is 9.94. The number of hydrogen-bond acceptors (Lipinski definition) is 6. The van der Waals surface area contributed by atoms with Gasteiger partial charge in [0.25, 0.3) is 5.92 Å². The number of fused-ring (bicyclic) bond motifs is 1. The summed E-state index contributed by atoms with van der Waals surface area (Å²) in [5.74, 6) is -4.68. The van der Waals surface area contributed by atoms with Crippen molar-refractivity contribution in [1.29, 1.82) is 0 Å². The number of anilines is 1. The fourth-order valence-electron chi connectivity index (χ4n) is 4.54. The van der Waals surface area contributed by atoms with Gasteiger partial charge in [0.2, 0.25) is 5.91 Å². The van der Waals surface area contributed by atoms with E-state index in [0.717, 1.165) is 47.9 Å². The largest absolute Gasteiger partial charge is 0.341 e. The topological polar surface area (TPSA) is 110 Å². The van der Waals surface area contributed by atoms with Crippen molar-refractivity contribution in [2.24, 2.45) is 5.92 Å². The molecule has 2 aliphatic carbocycles. The molecule has 1 unspecified atom stereocenters. The van der Waals surface area contributed by atoms with Crippen molar-refractivity contribution in [2.75, 3.05) is 5.32 Å². The SMILES string of the molecule is CC(C)(C)c1noc(C(=O)N[C@H]2CCCCc3cc(-c4ccnc(NC(=O)C5CC5(F)F)c4)ccc32)n1. The number of aromatic nitrogens is 3. The highest BCUT2D eigenvalue weighted by molar-refractivity contribution is 5.95. The maximum Gasteiger partial charge on any atom is 0.315 e. The summed E-state index contributed by atoms with van der Waals surface area (Å²) in [6.07, 6.45) is 4.69. The summed E-state index contributed by atoms with van der Waals surface area (Å²) in [6, 6.07) is 9.30. The first-order valence-corrected chi connectivity index (χ1v) is 12.4. The highest BCUT2D eigenvalue weighted by Gasteiger charge is 2.61. The first kappa shape index (κ1) is 25.0. The van der Waals surface area contributed by atoms with E-state index >= 15 is 0 Å². The van der Waals surface area contributed by atoms with E-state index in [2.05, 4.69) is 31.8 Å². The second-order valence-corrected chi connectivity index (χ2v) is 10.8. The maximum absolute atomic E-state index is 13.2. The summed E-state index contributed by atoms with van der Waals surface area (Å²) < 4.78 is 31.7. The van der Waals surface area contributed by atoms with Crippen molar-refractivity contribution >= 4 is 17.6 Å². The molecular formula is C27H29F2N5O3. The number of carbonyl (C=O) groups is 2. The average Bonchev–Trinajstić information content (AvgIpc) is 3.28. The zero-order valence-electron chi connectivity index (χ0n) is 21.0. The lowest BCUT2D eigenvalue weighted by molar-refractivity contribution is -0.119. The summed E-state index contributed by atoms with van der Waals surface area (Å²) in [4.78, 5) is 33.3. The molecule has 37 heavy (non-hydrogen) atoms. The maximum atomic E-state index is 13.2. The number of benzene rings is 1. The summed E-state index contributed by atoms with van der Waals surface area (Å²) in [5, 5.41) is 9.49. The van der Waals surface area contributed by atoms with Crippen LogP contribution in [0.2, 0.25) is 0 Å². The molecule has 10 heteroatoms. The smallest absolute Gasteiger partial charge is 0.315 e. The molecule has 0 saturated heterocycles. The molecule has 0 bridgehead atoms. The molecule has 2 atom stereocenters. The van der Waals surface area contributed by atoms with Gasteiger partial charge in [-0.25, -0.2) is 13.8 Å². The van der Waals surface area contributed by atoms with Crippen LogP contribution in [0.4, 0.5) is 14.6 Å². The molecule has 2 N–H and O–H groups in total. The van der Waals surface area contributed by atoms with E-state index in [1.807, 2.05) is 32.9 Å². The van der Waals surface area contributed by atoms with E-state index in [4.69, 9.17) is 4.52 Å². The molecule has 1 saturated carbocycles. The molecule has 2 aromatic heterocycles. The Kier molecular flexibility index (Phi) is 6.29. The van der Waals surface area contributed by atoms with Crippen molar-refractivity contribution in [3.05, 3.63) is 59.4 Å². The molecule has 1 aromatic carbocycles. The van der Waals surface area contributed by atoms with Crippen LogP contribution in [-0.4, -0.2) is 32.9 Å². The lowest BCUT2D eigenvalue weighted by Crippen LogP contribution is -2.29. The molecule has 194 valence electrons. The summed E-state index contributed by atoms with van der Waals surface area (Å²) in [5.41, 5.74) is 3.53. The first-order chi connectivity index (χ1) is 17.5. The third kappa shape index (κ3) is 5.38. The van der Waals surface area contributed by atoms with Crippen molar-refractivity contribution in [3.8, 4) is 11.1 Å². The van der Waals surface area contributed by atoms with E-state index in [1.54, 1.807) is 18.3 Å². The highest BCUT2D eigenvalue weighted by Crippen LogP contribution is 2.49. The minimum absolute atomic E-state index is 0.0531. The fourth-order valence-corrected chi connectivity index (χ4v) is 4.54. The van der Waals surface area contributed by atoms with Crippen LogP contribution in [0.3, 0.4) is 0 Å². The van der Waals surface area contributed by atoms with Crippen LogP contribution in [-0.2, 0) is 16.6 Å². The molecule has 2 aliphatic rings. The number of nitrogens with one attached hydrogen (secondary N) is 2. The zero-order chi connectivity index (χ0) is 26.4. The standard InChI is InChI=1S/C27H29F2N5O3/c1-26(2,3)25-33-24(37-34-25)23(36)31-20-7-5-4-6-17-12-15(8-9-18(17)20)16-10-11-30-21(13-16)32-22(35)19-14-27(19,28)29/h8-13,19-20H,4-7,14H2,1-3H3,(H,31,36)(H,30,32,35)/t19?,20-/m0/s1. The number of aryl methyl sites for hydroxylation is 1. The molecule has 1 fully saturated rings. The lowest BCUT2D eigenvalue weighted by Gasteiger charge is -2.19. The molecule has 2 heterocycles. The van der Waals surface area contributed by atoms with Crippen LogP contribution in [0.1, 0.15) is 80.1 Å². The Morgan fingerprint density at radius 3 is 2.57 bits per heavy atom. The van der Waals surface area contributed by atoms with Gasteiger partial charge in [0.05, 0.1) is 6.04 Å². The molecule has 5 rings (SSSR count). The number of rotatable bonds is 5. The quantitative estimate of drug-likeness (QED) is 0.457. The Morgan fingerprint density at radius 1 is 1.11 bits per heavy atom. The molecular weight excluding hydrogens is 480 g/mol. The van der Waals surface area contributed by atoms with Gasteiger partial charge in [-0.3, -0.25) is 9.59 Å². The van der Waals surface area contributed by atoms with Crippen LogP contribution in [0, 0.1) is 5.92 Å². The number of alkyl halides is 2. The third-order valence-corrected chi connectivity index (χ3v) is 6.79. The first-order valence-electron chi connectivity index (χ1n) is 12.4. The average molecular weight is 510 g/mol. The third-order valence-electron chi connectivity index (χ3n) is 6.79. The van der Waals surface area contributed by atoms with E-state index in [0.29, 0.717) is 5.82 Å². The molecule has 0 spiro atoms. The summed E-state index contributed by atoms with van der Waals surface area (Å²) >= 11 is 0. The number of pyridine rings is 1. The van der Waals surface area contributed by atoms with Gasteiger partial charge in [-0.1, -0.05) is 50.5 Å². The minimum Gasteiger partial charge on any atom is -0.341 e. The molecule has 3 aromatic rings. The van der Waals surface area contributed by atoms with Gasteiger partial charge < -0.3 is 15.2 Å². The fraction of sp³-hybridized carbons (Fsp3) is 0.444. The molecule has 2 amide bonds. The molecule has 0 aliphatic heterocycles.